The van der Waals surface area contributed by atoms with E-state index >= 15 is 0 Å². The van der Waals surface area contributed by atoms with E-state index < -0.39 is 21.4 Å². The summed E-state index contributed by atoms with van der Waals surface area (Å²) in [5, 5.41) is 23.1. The highest BCUT2D eigenvalue weighted by molar-refractivity contribution is 7.89. The normalized spacial score (nSPS) is 17.9. The Morgan fingerprint density at radius 1 is 1.31 bits per heavy atom. The third-order valence-electron chi connectivity index (χ3n) is 7.32. The van der Waals surface area contributed by atoms with Crippen molar-refractivity contribution in [2.75, 3.05) is 19.8 Å². The molecule has 2 aliphatic heterocycles. The summed E-state index contributed by atoms with van der Waals surface area (Å²) in [6.07, 6.45) is 3.10. The first-order valence-electron chi connectivity index (χ1n) is 12.2. The lowest BCUT2D eigenvalue weighted by molar-refractivity contribution is 0.0150. The lowest BCUT2D eigenvalue weighted by Crippen LogP contribution is -2.41. The SMILES string of the molecule is CCc1nn(CC(C)(C)Cc2c(C(=O)O)cccc2S(N)(=O)=O)c2c1C(=O)NCC1(CCOCC1)C2. The standard InChI is InChI=1S/C25H34N4O6S/c1-4-18-21-19(13-25(14-27-22(21)30)8-10-35-11-9-25)29(28-18)15-24(2,3)12-17-16(23(31)32)6-5-7-20(17)36(26,33)34/h5-7H,4,8-15H2,1-3H3,(H,27,30)(H,31,32)(H2,26,33,34). The Morgan fingerprint density at radius 2 is 2.00 bits per heavy atom. The maximum atomic E-state index is 13.1. The molecule has 2 aliphatic rings. The van der Waals surface area contributed by atoms with Gasteiger partial charge in [-0.25, -0.2) is 18.4 Å². The van der Waals surface area contributed by atoms with Crippen LogP contribution in [0.5, 0.6) is 0 Å². The molecule has 1 spiro atoms. The zero-order valence-electron chi connectivity index (χ0n) is 21.0. The quantitative estimate of drug-likeness (QED) is 0.507. The van der Waals surface area contributed by atoms with Crippen molar-refractivity contribution in [1.29, 1.82) is 0 Å². The predicted octanol–water partition coefficient (Wildman–Crippen LogP) is 2.14. The van der Waals surface area contributed by atoms with Crippen molar-refractivity contribution in [2.24, 2.45) is 16.0 Å². The first-order chi connectivity index (χ1) is 16.9. The summed E-state index contributed by atoms with van der Waals surface area (Å²) in [6, 6.07) is 4.10. The number of carbonyl (C=O) groups is 2. The van der Waals surface area contributed by atoms with Crippen molar-refractivity contribution in [3.05, 3.63) is 46.3 Å². The zero-order valence-corrected chi connectivity index (χ0v) is 21.8. The van der Waals surface area contributed by atoms with Crippen LogP contribution in [0.25, 0.3) is 0 Å². The Hall–Kier alpha value is -2.76. The molecule has 0 bridgehead atoms. The summed E-state index contributed by atoms with van der Waals surface area (Å²) in [6.45, 7) is 8.06. The molecule has 1 aromatic carbocycles. The van der Waals surface area contributed by atoms with Crippen LogP contribution < -0.4 is 10.5 Å². The van der Waals surface area contributed by atoms with Crippen LogP contribution >= 0.6 is 0 Å². The van der Waals surface area contributed by atoms with Gasteiger partial charge in [0.1, 0.15) is 0 Å². The maximum absolute atomic E-state index is 13.1. The molecule has 2 aromatic rings. The van der Waals surface area contributed by atoms with Crippen LogP contribution in [0.15, 0.2) is 23.1 Å². The monoisotopic (exact) mass is 518 g/mol. The number of nitrogens with one attached hydrogen (secondary N) is 1. The fourth-order valence-corrected chi connectivity index (χ4v) is 6.25. The highest BCUT2D eigenvalue weighted by Crippen LogP contribution is 2.38. The first kappa shape index (κ1) is 26.3. The summed E-state index contributed by atoms with van der Waals surface area (Å²) >= 11 is 0. The number of ether oxygens (including phenoxy) is 1. The van der Waals surface area contributed by atoms with Gasteiger partial charge in [0.05, 0.1) is 27.4 Å². The van der Waals surface area contributed by atoms with Gasteiger partial charge in [-0.2, -0.15) is 5.10 Å². The Morgan fingerprint density at radius 3 is 2.61 bits per heavy atom. The Kier molecular flexibility index (Phi) is 7.02. The number of rotatable bonds is 7. The second-order valence-corrected chi connectivity index (χ2v) is 12.3. The van der Waals surface area contributed by atoms with Gasteiger partial charge >= 0.3 is 5.97 Å². The molecule has 0 radical (unpaired) electrons. The van der Waals surface area contributed by atoms with Gasteiger partial charge in [-0.1, -0.05) is 26.8 Å². The molecule has 0 unspecified atom stereocenters. The average Bonchev–Trinajstić information content (AvgIpc) is 3.05. The molecular formula is C25H34N4O6S. The molecule has 3 heterocycles. The van der Waals surface area contributed by atoms with Gasteiger partial charge in [-0.05, 0) is 60.6 Å². The lowest BCUT2D eigenvalue weighted by Gasteiger charge is -2.36. The number of amides is 1. The van der Waals surface area contributed by atoms with Crippen LogP contribution in [0.2, 0.25) is 0 Å². The number of hydrogen-bond acceptors (Lipinski definition) is 6. The van der Waals surface area contributed by atoms with Crippen molar-refractivity contribution < 1.29 is 27.9 Å². The topological polar surface area (TPSA) is 154 Å². The van der Waals surface area contributed by atoms with Gasteiger partial charge in [0.25, 0.3) is 5.91 Å². The van der Waals surface area contributed by atoms with Gasteiger partial charge in [0.15, 0.2) is 0 Å². The molecule has 11 heteroatoms. The number of nitrogens with zero attached hydrogens (tertiary/aromatic N) is 2. The zero-order chi connectivity index (χ0) is 26.3. The van der Waals surface area contributed by atoms with Crippen molar-refractivity contribution in [3.63, 3.8) is 0 Å². The van der Waals surface area contributed by atoms with Gasteiger partial charge < -0.3 is 15.2 Å². The third-order valence-corrected chi connectivity index (χ3v) is 8.31. The van der Waals surface area contributed by atoms with E-state index in [2.05, 4.69) is 5.32 Å². The minimum absolute atomic E-state index is 0.0938. The molecule has 4 N–H and O–H groups in total. The fraction of sp³-hybridized carbons (Fsp3) is 0.560. The minimum Gasteiger partial charge on any atom is -0.478 e. The van der Waals surface area contributed by atoms with Crippen LogP contribution in [0.4, 0.5) is 0 Å². The molecule has 0 saturated carbocycles. The molecule has 0 aliphatic carbocycles. The Bertz CT molecular complexity index is 1290. The molecule has 1 amide bonds. The van der Waals surface area contributed by atoms with E-state index in [0.29, 0.717) is 44.7 Å². The smallest absolute Gasteiger partial charge is 0.336 e. The second-order valence-electron chi connectivity index (χ2n) is 10.7. The van der Waals surface area contributed by atoms with E-state index in [1.807, 2.05) is 25.5 Å². The summed E-state index contributed by atoms with van der Waals surface area (Å²) in [7, 11) is -4.13. The molecular weight excluding hydrogens is 484 g/mol. The molecule has 4 rings (SSSR count). The third kappa shape index (κ3) is 5.18. The number of carboxylic acid groups (broad SMARTS) is 1. The van der Waals surface area contributed by atoms with Gasteiger partial charge in [-0.3, -0.25) is 9.48 Å². The Labute approximate surface area is 211 Å². The van der Waals surface area contributed by atoms with E-state index in [1.54, 1.807) is 0 Å². The largest absolute Gasteiger partial charge is 0.478 e. The number of carbonyl (C=O) groups excluding carboxylic acids is 1. The van der Waals surface area contributed by atoms with E-state index in [1.165, 1.54) is 18.2 Å². The van der Waals surface area contributed by atoms with Gasteiger partial charge in [0.2, 0.25) is 10.0 Å². The van der Waals surface area contributed by atoms with Crippen LogP contribution in [-0.4, -0.2) is 54.9 Å². The minimum atomic E-state index is -4.13. The summed E-state index contributed by atoms with van der Waals surface area (Å²) in [4.78, 5) is 24.8. The van der Waals surface area contributed by atoms with Crippen molar-refractivity contribution in [2.45, 2.75) is 64.3 Å². The second kappa shape index (κ2) is 9.60. The number of aromatic nitrogens is 2. The summed E-state index contributed by atoms with van der Waals surface area (Å²) in [5.74, 6) is -1.34. The van der Waals surface area contributed by atoms with E-state index in [9.17, 15) is 23.1 Å². The molecule has 196 valence electrons. The highest BCUT2D eigenvalue weighted by Gasteiger charge is 2.40. The molecule has 0 atom stereocenters. The van der Waals surface area contributed by atoms with Crippen LogP contribution in [0.1, 0.15) is 71.3 Å². The van der Waals surface area contributed by atoms with Crippen LogP contribution in [0, 0.1) is 10.8 Å². The van der Waals surface area contributed by atoms with Crippen molar-refractivity contribution in [3.8, 4) is 0 Å². The number of benzene rings is 1. The van der Waals surface area contributed by atoms with Gasteiger partial charge in [-0.15, -0.1) is 0 Å². The Balaban J connectivity index is 1.74. The van der Waals surface area contributed by atoms with Crippen molar-refractivity contribution in [1.82, 2.24) is 15.1 Å². The molecule has 36 heavy (non-hydrogen) atoms. The maximum Gasteiger partial charge on any atom is 0.336 e. The van der Waals surface area contributed by atoms with E-state index in [4.69, 9.17) is 15.0 Å². The average molecular weight is 519 g/mol. The number of primary sulfonamides is 1. The van der Waals surface area contributed by atoms with Crippen molar-refractivity contribution >= 4 is 21.9 Å². The molecule has 10 nitrogen and oxygen atoms in total. The molecule has 1 fully saturated rings. The number of carboxylic acids is 1. The summed E-state index contributed by atoms with van der Waals surface area (Å²) < 4.78 is 32.0. The van der Waals surface area contributed by atoms with E-state index in [0.717, 1.165) is 24.2 Å². The first-order valence-corrected chi connectivity index (χ1v) is 13.7. The van der Waals surface area contributed by atoms with E-state index in [-0.39, 0.29) is 33.8 Å². The summed E-state index contributed by atoms with van der Waals surface area (Å²) in [5.41, 5.74) is 1.57. The number of nitrogens with two attached hydrogens (primary N) is 1. The predicted molar refractivity (Wildman–Crippen MR) is 132 cm³/mol. The van der Waals surface area contributed by atoms with Gasteiger partial charge in [0, 0.05) is 26.3 Å². The fourth-order valence-electron chi connectivity index (χ4n) is 5.46. The number of aromatic carboxylic acids is 1. The van der Waals surface area contributed by atoms with Crippen LogP contribution in [-0.2, 0) is 40.6 Å². The molecule has 1 aromatic heterocycles. The number of hydrogen-bond donors (Lipinski definition) is 3. The number of fused-ring (bicyclic) bond motifs is 1. The number of sulfonamides is 1. The number of aryl methyl sites for hydroxylation is 1. The van der Waals surface area contributed by atoms with Crippen LogP contribution in [0.3, 0.4) is 0 Å². The lowest BCUT2D eigenvalue weighted by atomic mass is 9.76. The molecule has 1 saturated heterocycles. The highest BCUT2D eigenvalue weighted by atomic mass is 32.2.